The van der Waals surface area contributed by atoms with Gasteiger partial charge >= 0.3 is 0 Å². The largest absolute Gasteiger partial charge is 0.489 e. The molecule has 2 aromatic rings. The van der Waals surface area contributed by atoms with E-state index in [9.17, 15) is 5.11 Å². The summed E-state index contributed by atoms with van der Waals surface area (Å²) in [5, 5.41) is 9.63. The Labute approximate surface area is 152 Å². The fraction of sp³-hybridized carbons (Fsp3) is 0.478. The van der Waals surface area contributed by atoms with Crippen LogP contribution >= 0.6 is 0 Å². The van der Waals surface area contributed by atoms with Gasteiger partial charge in [-0.1, -0.05) is 77.1 Å². The summed E-state index contributed by atoms with van der Waals surface area (Å²) in [5.41, 5.74) is 3.64. The third-order valence-electron chi connectivity index (χ3n) is 4.77. The molecule has 0 fully saturated rings. The molecule has 0 aliphatic rings. The van der Waals surface area contributed by atoms with E-state index < -0.39 is 0 Å². The van der Waals surface area contributed by atoms with Crippen LogP contribution in [0.4, 0.5) is 0 Å². The number of benzene rings is 2. The van der Waals surface area contributed by atoms with Crippen LogP contribution in [0.5, 0.6) is 5.75 Å². The summed E-state index contributed by atoms with van der Waals surface area (Å²) in [7, 11) is 0. The zero-order valence-electron chi connectivity index (χ0n) is 16.3. The highest BCUT2D eigenvalue weighted by atomic mass is 16.5. The van der Waals surface area contributed by atoms with Crippen LogP contribution in [0.2, 0.25) is 0 Å². The van der Waals surface area contributed by atoms with Gasteiger partial charge < -0.3 is 9.84 Å². The Morgan fingerprint density at radius 1 is 0.960 bits per heavy atom. The molecule has 1 atom stereocenters. The molecule has 0 aromatic heterocycles. The van der Waals surface area contributed by atoms with E-state index in [-0.39, 0.29) is 17.9 Å². The third kappa shape index (κ3) is 5.61. The van der Waals surface area contributed by atoms with Crippen molar-refractivity contribution in [3.05, 3.63) is 65.2 Å². The van der Waals surface area contributed by atoms with Gasteiger partial charge in [0.15, 0.2) is 0 Å². The Morgan fingerprint density at radius 2 is 1.64 bits per heavy atom. The second-order valence-corrected chi connectivity index (χ2v) is 8.25. The quantitative estimate of drug-likeness (QED) is 0.734. The van der Waals surface area contributed by atoms with Gasteiger partial charge in [-0.3, -0.25) is 0 Å². The van der Waals surface area contributed by atoms with Gasteiger partial charge in [0.05, 0.1) is 0 Å². The van der Waals surface area contributed by atoms with Crippen molar-refractivity contribution in [3.63, 3.8) is 0 Å². The Bertz CT molecular complexity index is 654. The molecule has 0 saturated heterocycles. The van der Waals surface area contributed by atoms with E-state index in [4.69, 9.17) is 4.74 Å². The summed E-state index contributed by atoms with van der Waals surface area (Å²) < 4.78 is 6.20. The minimum atomic E-state index is 0.0268. The van der Waals surface area contributed by atoms with Gasteiger partial charge in [0, 0.05) is 6.61 Å². The van der Waals surface area contributed by atoms with E-state index in [2.05, 4.69) is 65.0 Å². The van der Waals surface area contributed by atoms with Gasteiger partial charge in [0.1, 0.15) is 12.4 Å². The molecule has 136 valence electrons. The fourth-order valence-electron chi connectivity index (χ4n) is 2.98. The first-order valence-corrected chi connectivity index (χ1v) is 9.22. The Kier molecular flexibility index (Phi) is 6.66. The van der Waals surface area contributed by atoms with Crippen LogP contribution in [0.25, 0.3) is 0 Å². The maximum atomic E-state index is 9.63. The van der Waals surface area contributed by atoms with Crippen LogP contribution in [-0.4, -0.2) is 11.7 Å². The molecule has 0 saturated carbocycles. The van der Waals surface area contributed by atoms with E-state index >= 15 is 0 Å². The van der Waals surface area contributed by atoms with Crippen molar-refractivity contribution in [3.8, 4) is 5.75 Å². The summed E-state index contributed by atoms with van der Waals surface area (Å²) in [6.45, 7) is 11.8. The summed E-state index contributed by atoms with van der Waals surface area (Å²) >= 11 is 0. The monoisotopic (exact) mass is 340 g/mol. The maximum Gasteiger partial charge on any atom is 0.123 e. The van der Waals surface area contributed by atoms with Crippen molar-refractivity contribution in [2.75, 3.05) is 6.61 Å². The van der Waals surface area contributed by atoms with Gasteiger partial charge in [-0.2, -0.15) is 0 Å². The number of hydrogen-bond donors (Lipinski definition) is 1. The highest BCUT2D eigenvalue weighted by Gasteiger charge is 2.21. The van der Waals surface area contributed by atoms with Crippen LogP contribution in [0.1, 0.15) is 51.3 Å². The predicted molar refractivity (Wildman–Crippen MR) is 105 cm³/mol. The van der Waals surface area contributed by atoms with Crippen LogP contribution in [0.3, 0.4) is 0 Å². The Balaban J connectivity index is 2.25. The average molecular weight is 341 g/mol. The Morgan fingerprint density at radius 3 is 2.20 bits per heavy atom. The molecule has 1 unspecified atom stereocenters. The molecule has 2 nitrogen and oxygen atoms in total. The van der Waals surface area contributed by atoms with Crippen LogP contribution < -0.4 is 4.74 Å². The fourth-order valence-corrected chi connectivity index (χ4v) is 2.98. The van der Waals surface area contributed by atoms with Crippen LogP contribution in [0, 0.1) is 11.8 Å². The summed E-state index contributed by atoms with van der Waals surface area (Å²) in [4.78, 5) is 0. The molecule has 0 radical (unpaired) electrons. The van der Waals surface area contributed by atoms with E-state index in [1.165, 1.54) is 16.7 Å². The lowest BCUT2D eigenvalue weighted by molar-refractivity contribution is 0.189. The molecule has 0 heterocycles. The van der Waals surface area contributed by atoms with E-state index in [1.54, 1.807) is 0 Å². The molecule has 0 spiro atoms. The molecular weight excluding hydrogens is 308 g/mol. The number of hydrogen-bond acceptors (Lipinski definition) is 2. The molecule has 0 bridgehead atoms. The summed E-state index contributed by atoms with van der Waals surface area (Å²) in [6.07, 6.45) is 0.875. The van der Waals surface area contributed by atoms with Gasteiger partial charge in [0.2, 0.25) is 0 Å². The normalized spacial score (nSPS) is 13.1. The second-order valence-electron chi connectivity index (χ2n) is 8.25. The van der Waals surface area contributed by atoms with Crippen LogP contribution in [0.15, 0.2) is 48.5 Å². The standard InChI is InChI=1S/C23H32O2/c1-17(2)20(15-24)13-19-11-12-21(23(3,4)5)22(14-19)25-16-18-9-7-6-8-10-18/h6-12,14,17,20,24H,13,15-16H2,1-5H3. The molecule has 0 aliphatic carbocycles. The highest BCUT2D eigenvalue weighted by molar-refractivity contribution is 5.42. The van der Waals surface area contributed by atoms with E-state index in [0.29, 0.717) is 12.5 Å². The van der Waals surface area contributed by atoms with E-state index in [0.717, 1.165) is 12.2 Å². The third-order valence-corrected chi connectivity index (χ3v) is 4.77. The number of ether oxygens (including phenoxy) is 1. The minimum Gasteiger partial charge on any atom is -0.489 e. The minimum absolute atomic E-state index is 0.0268. The maximum absolute atomic E-state index is 9.63. The van der Waals surface area contributed by atoms with Gasteiger partial charge in [-0.05, 0) is 46.4 Å². The second kappa shape index (κ2) is 8.53. The Hall–Kier alpha value is -1.80. The first kappa shape index (κ1) is 19.5. The van der Waals surface area contributed by atoms with E-state index in [1.807, 2.05) is 18.2 Å². The van der Waals surface area contributed by atoms with Crippen molar-refractivity contribution in [2.45, 2.75) is 53.1 Å². The van der Waals surface area contributed by atoms with Crippen molar-refractivity contribution in [1.82, 2.24) is 0 Å². The van der Waals surface area contributed by atoms with Crippen molar-refractivity contribution < 1.29 is 9.84 Å². The molecule has 2 rings (SSSR count). The molecule has 2 aromatic carbocycles. The van der Waals surface area contributed by atoms with Crippen molar-refractivity contribution in [1.29, 1.82) is 0 Å². The van der Waals surface area contributed by atoms with Gasteiger partial charge in [-0.15, -0.1) is 0 Å². The first-order valence-electron chi connectivity index (χ1n) is 9.22. The molecule has 2 heteroatoms. The number of rotatable bonds is 7. The summed E-state index contributed by atoms with van der Waals surface area (Å²) in [6, 6.07) is 16.8. The van der Waals surface area contributed by atoms with Crippen molar-refractivity contribution in [2.24, 2.45) is 11.8 Å². The smallest absolute Gasteiger partial charge is 0.123 e. The average Bonchev–Trinajstić information content (AvgIpc) is 2.57. The lowest BCUT2D eigenvalue weighted by Crippen LogP contribution is -2.17. The highest BCUT2D eigenvalue weighted by Crippen LogP contribution is 2.33. The SMILES string of the molecule is CC(C)C(CO)Cc1ccc(C(C)(C)C)c(OCc2ccccc2)c1. The molecule has 0 aliphatic heterocycles. The zero-order valence-corrected chi connectivity index (χ0v) is 16.3. The lowest BCUT2D eigenvalue weighted by Gasteiger charge is -2.25. The molecular formula is C23H32O2. The van der Waals surface area contributed by atoms with Crippen LogP contribution in [-0.2, 0) is 18.4 Å². The van der Waals surface area contributed by atoms with Gasteiger partial charge in [0.25, 0.3) is 0 Å². The lowest BCUT2D eigenvalue weighted by atomic mass is 9.84. The first-order chi connectivity index (χ1) is 11.8. The predicted octanol–water partition coefficient (Wildman–Crippen LogP) is 5.37. The van der Waals surface area contributed by atoms with Gasteiger partial charge in [-0.25, -0.2) is 0 Å². The van der Waals surface area contributed by atoms with Crippen molar-refractivity contribution >= 4 is 0 Å². The molecule has 25 heavy (non-hydrogen) atoms. The number of aliphatic hydroxyl groups excluding tert-OH is 1. The number of aliphatic hydroxyl groups is 1. The zero-order chi connectivity index (χ0) is 18.4. The molecule has 1 N–H and O–H groups in total. The topological polar surface area (TPSA) is 29.5 Å². The summed E-state index contributed by atoms with van der Waals surface area (Å²) in [5.74, 6) is 1.69. The molecule has 0 amide bonds.